The Kier molecular flexibility index (Phi) is 3.41. The molecule has 0 aliphatic heterocycles. The highest BCUT2D eigenvalue weighted by molar-refractivity contribution is 5.57. The van der Waals surface area contributed by atoms with Crippen LogP contribution in [0.4, 0.5) is 5.82 Å². The average molecular weight is 269 g/mol. The van der Waals surface area contributed by atoms with Crippen molar-refractivity contribution in [1.82, 2.24) is 4.98 Å². The number of rotatable bonds is 3. The van der Waals surface area contributed by atoms with Crippen LogP contribution in [0.2, 0.25) is 0 Å². The molecule has 0 radical (unpaired) electrons. The summed E-state index contributed by atoms with van der Waals surface area (Å²) in [6, 6.07) is 4.32. The fourth-order valence-electron chi connectivity index (χ4n) is 4.27. The van der Waals surface area contributed by atoms with Crippen LogP contribution in [0.3, 0.4) is 0 Å². The van der Waals surface area contributed by atoms with Gasteiger partial charge in [-0.3, -0.25) is 0 Å². The van der Waals surface area contributed by atoms with E-state index in [0.717, 1.165) is 46.9 Å². The van der Waals surface area contributed by atoms with Gasteiger partial charge in [-0.1, -0.05) is 6.42 Å². The van der Waals surface area contributed by atoms with Crippen molar-refractivity contribution in [3.63, 3.8) is 0 Å². The van der Waals surface area contributed by atoms with E-state index in [1.54, 1.807) is 0 Å². The molecule has 3 heteroatoms. The van der Waals surface area contributed by atoms with E-state index in [1.165, 1.54) is 25.7 Å². The number of nitrogens with zero attached hydrogens (tertiary/aromatic N) is 3. The molecule has 1 heterocycles. The van der Waals surface area contributed by atoms with Crippen molar-refractivity contribution < 1.29 is 0 Å². The first kappa shape index (κ1) is 13.4. The zero-order valence-electron chi connectivity index (χ0n) is 12.7. The summed E-state index contributed by atoms with van der Waals surface area (Å²) in [4.78, 5) is 6.82. The van der Waals surface area contributed by atoms with Crippen LogP contribution in [0, 0.1) is 42.9 Å². The van der Waals surface area contributed by atoms with Crippen molar-refractivity contribution in [2.24, 2.45) is 17.8 Å². The third-order valence-corrected chi connectivity index (χ3v) is 5.19. The van der Waals surface area contributed by atoms with Gasteiger partial charge < -0.3 is 4.90 Å². The highest BCUT2D eigenvalue weighted by atomic mass is 15.2. The SMILES string of the molecule is Cc1cc(C)c(C#N)c(N(C)CC2CC3CCC2C3)n1. The van der Waals surface area contributed by atoms with Crippen LogP contribution in [0.15, 0.2) is 6.07 Å². The largest absolute Gasteiger partial charge is 0.358 e. The molecule has 3 unspecified atom stereocenters. The molecule has 2 fully saturated rings. The van der Waals surface area contributed by atoms with Gasteiger partial charge in [0.25, 0.3) is 0 Å². The third kappa shape index (κ3) is 2.28. The lowest BCUT2D eigenvalue weighted by Gasteiger charge is -2.28. The Morgan fingerprint density at radius 2 is 2.15 bits per heavy atom. The Hall–Kier alpha value is -1.56. The number of nitriles is 1. The molecule has 1 aromatic rings. The normalized spacial score (nSPS) is 27.6. The monoisotopic (exact) mass is 269 g/mol. The number of aromatic nitrogens is 1. The number of aryl methyl sites for hydroxylation is 2. The number of hydrogen-bond acceptors (Lipinski definition) is 3. The van der Waals surface area contributed by atoms with Gasteiger partial charge in [-0.05, 0) is 62.5 Å². The van der Waals surface area contributed by atoms with Gasteiger partial charge in [-0.2, -0.15) is 5.26 Å². The van der Waals surface area contributed by atoms with E-state index in [9.17, 15) is 5.26 Å². The van der Waals surface area contributed by atoms with Gasteiger partial charge in [-0.15, -0.1) is 0 Å². The second-order valence-electron chi connectivity index (χ2n) is 6.71. The minimum Gasteiger partial charge on any atom is -0.358 e. The number of hydrogen-bond donors (Lipinski definition) is 0. The number of fused-ring (bicyclic) bond motifs is 2. The molecule has 2 aliphatic rings. The second-order valence-corrected chi connectivity index (χ2v) is 6.71. The van der Waals surface area contributed by atoms with E-state index < -0.39 is 0 Å². The molecule has 1 aromatic heterocycles. The number of anilines is 1. The lowest BCUT2D eigenvalue weighted by atomic mass is 9.88. The maximum Gasteiger partial charge on any atom is 0.146 e. The molecule has 0 spiro atoms. The Balaban J connectivity index is 1.80. The van der Waals surface area contributed by atoms with Gasteiger partial charge in [0.15, 0.2) is 0 Å². The highest BCUT2D eigenvalue weighted by Gasteiger charge is 2.39. The van der Waals surface area contributed by atoms with Gasteiger partial charge in [0.2, 0.25) is 0 Å². The van der Waals surface area contributed by atoms with Gasteiger partial charge in [-0.25, -0.2) is 4.98 Å². The molecule has 3 rings (SSSR count). The standard InChI is InChI=1S/C17H23N3/c1-11-6-12(2)19-17(16(11)9-18)20(3)10-15-8-13-4-5-14(15)7-13/h6,13-15H,4-5,7-8,10H2,1-3H3. The quantitative estimate of drug-likeness (QED) is 0.844. The minimum absolute atomic E-state index is 0.737. The van der Waals surface area contributed by atoms with Gasteiger partial charge in [0.1, 0.15) is 11.9 Å². The number of pyridine rings is 1. The second kappa shape index (κ2) is 5.09. The van der Waals surface area contributed by atoms with E-state index in [0.29, 0.717) is 0 Å². The van der Waals surface area contributed by atoms with E-state index in [2.05, 4.69) is 23.0 Å². The Morgan fingerprint density at radius 1 is 1.35 bits per heavy atom. The maximum absolute atomic E-state index is 9.39. The van der Waals surface area contributed by atoms with E-state index in [-0.39, 0.29) is 0 Å². The fourth-order valence-corrected chi connectivity index (χ4v) is 4.27. The first-order valence-electron chi connectivity index (χ1n) is 7.68. The van der Waals surface area contributed by atoms with E-state index in [1.807, 2.05) is 19.9 Å². The lowest BCUT2D eigenvalue weighted by molar-refractivity contribution is 0.337. The predicted molar refractivity (Wildman–Crippen MR) is 80.6 cm³/mol. The summed E-state index contributed by atoms with van der Waals surface area (Å²) in [6.45, 7) is 5.05. The summed E-state index contributed by atoms with van der Waals surface area (Å²) in [5.41, 5.74) is 2.77. The van der Waals surface area contributed by atoms with Crippen molar-refractivity contribution in [3.05, 3.63) is 22.9 Å². The van der Waals surface area contributed by atoms with Crippen molar-refractivity contribution in [3.8, 4) is 6.07 Å². The van der Waals surface area contributed by atoms with Crippen molar-refractivity contribution >= 4 is 5.82 Å². The molecule has 20 heavy (non-hydrogen) atoms. The molecular weight excluding hydrogens is 246 g/mol. The van der Waals surface area contributed by atoms with Crippen molar-refractivity contribution in [1.29, 1.82) is 5.26 Å². The zero-order chi connectivity index (χ0) is 14.3. The molecule has 3 atom stereocenters. The molecule has 0 saturated heterocycles. The van der Waals surface area contributed by atoms with Crippen LogP contribution >= 0.6 is 0 Å². The van der Waals surface area contributed by atoms with E-state index >= 15 is 0 Å². The van der Waals surface area contributed by atoms with Crippen LogP contribution in [0.1, 0.15) is 42.5 Å². The van der Waals surface area contributed by atoms with Crippen LogP contribution in [0.5, 0.6) is 0 Å². The minimum atomic E-state index is 0.737. The van der Waals surface area contributed by atoms with Crippen LogP contribution in [-0.2, 0) is 0 Å². The molecule has 0 aromatic carbocycles. The van der Waals surface area contributed by atoms with Crippen molar-refractivity contribution in [2.75, 3.05) is 18.5 Å². The molecule has 106 valence electrons. The summed E-state index contributed by atoms with van der Waals surface area (Å²) in [6.07, 6.45) is 5.66. The first-order valence-corrected chi connectivity index (χ1v) is 7.68. The zero-order valence-corrected chi connectivity index (χ0v) is 12.7. The molecule has 0 amide bonds. The molecule has 2 saturated carbocycles. The van der Waals surface area contributed by atoms with Gasteiger partial charge in [0.05, 0.1) is 5.56 Å². The van der Waals surface area contributed by atoms with Gasteiger partial charge >= 0.3 is 0 Å². The average Bonchev–Trinajstić information content (AvgIpc) is 3.00. The third-order valence-electron chi connectivity index (χ3n) is 5.19. The van der Waals surface area contributed by atoms with Crippen molar-refractivity contribution in [2.45, 2.75) is 39.5 Å². The topological polar surface area (TPSA) is 39.9 Å². The van der Waals surface area contributed by atoms with Gasteiger partial charge in [0, 0.05) is 19.3 Å². The van der Waals surface area contributed by atoms with E-state index in [4.69, 9.17) is 0 Å². The molecule has 2 bridgehead atoms. The fraction of sp³-hybridized carbons (Fsp3) is 0.647. The summed E-state index contributed by atoms with van der Waals surface area (Å²) < 4.78 is 0. The molecule has 3 nitrogen and oxygen atoms in total. The Morgan fingerprint density at radius 3 is 2.75 bits per heavy atom. The molecule has 0 N–H and O–H groups in total. The summed E-state index contributed by atoms with van der Waals surface area (Å²) >= 11 is 0. The highest BCUT2D eigenvalue weighted by Crippen LogP contribution is 2.48. The van der Waals surface area contributed by atoms with Crippen LogP contribution < -0.4 is 4.90 Å². The van der Waals surface area contributed by atoms with Crippen LogP contribution in [-0.4, -0.2) is 18.6 Å². The summed E-state index contributed by atoms with van der Waals surface area (Å²) in [5.74, 6) is 3.56. The Bertz CT molecular complexity index is 558. The lowest BCUT2D eigenvalue weighted by Crippen LogP contribution is -2.30. The molecule has 2 aliphatic carbocycles. The predicted octanol–water partition coefficient (Wildman–Crippen LogP) is 3.44. The maximum atomic E-state index is 9.39. The summed E-state index contributed by atoms with van der Waals surface area (Å²) in [5, 5.41) is 9.39. The first-order chi connectivity index (χ1) is 9.58. The summed E-state index contributed by atoms with van der Waals surface area (Å²) in [7, 11) is 2.09. The van der Waals surface area contributed by atoms with Crippen LogP contribution in [0.25, 0.3) is 0 Å². The Labute approximate surface area is 121 Å². The molecular formula is C17H23N3. The smallest absolute Gasteiger partial charge is 0.146 e.